The highest BCUT2D eigenvalue weighted by Gasteiger charge is 2.12. The molecule has 0 atom stereocenters. The molecule has 6 heteroatoms. The molecule has 0 spiro atoms. The Morgan fingerprint density at radius 3 is 2.42 bits per heavy atom. The Morgan fingerprint density at radius 2 is 1.69 bits per heavy atom. The molecular weight excluding hydrogens is 439 g/mol. The summed E-state index contributed by atoms with van der Waals surface area (Å²) in [6.07, 6.45) is 0. The van der Waals surface area contributed by atoms with Crippen LogP contribution in [-0.2, 0) is 0 Å². The zero-order chi connectivity index (χ0) is 18.1. The topological polar surface area (TPSA) is 59.8 Å². The quantitative estimate of drug-likeness (QED) is 0.461. The maximum atomic E-state index is 12.5. The summed E-state index contributed by atoms with van der Waals surface area (Å²) in [5, 5.41) is 12.0. The predicted octanol–water partition coefficient (Wildman–Crippen LogP) is 4.59. The van der Waals surface area contributed by atoms with E-state index in [2.05, 4.69) is 38.1 Å². The van der Waals surface area contributed by atoms with Gasteiger partial charge in [0, 0.05) is 14.8 Å². The van der Waals surface area contributed by atoms with Crippen LogP contribution in [0.15, 0.2) is 66.7 Å². The molecule has 0 saturated carbocycles. The van der Waals surface area contributed by atoms with Crippen molar-refractivity contribution in [1.29, 1.82) is 0 Å². The molecule has 0 aliphatic carbocycles. The van der Waals surface area contributed by atoms with Crippen LogP contribution in [0.3, 0.4) is 0 Å². The number of fused-ring (bicyclic) bond motifs is 1. The van der Waals surface area contributed by atoms with Crippen molar-refractivity contribution in [3.05, 3.63) is 81.4 Å². The second kappa shape index (κ2) is 6.87. The minimum absolute atomic E-state index is 0.138. The molecule has 4 aromatic rings. The van der Waals surface area contributed by atoms with Crippen LogP contribution in [0.1, 0.15) is 15.9 Å². The fourth-order valence-corrected chi connectivity index (χ4v) is 3.25. The van der Waals surface area contributed by atoms with Gasteiger partial charge >= 0.3 is 0 Å². The van der Waals surface area contributed by atoms with E-state index >= 15 is 0 Å². The smallest absolute Gasteiger partial charge is 0.255 e. The Bertz CT molecular complexity index is 1110. The van der Waals surface area contributed by atoms with Crippen molar-refractivity contribution in [3.8, 4) is 5.69 Å². The van der Waals surface area contributed by atoms with E-state index in [9.17, 15) is 4.79 Å². The Hall–Kier alpha value is -2.74. The first-order valence-electron chi connectivity index (χ1n) is 8.10. The summed E-state index contributed by atoms with van der Waals surface area (Å²) in [6, 6.07) is 21.0. The van der Waals surface area contributed by atoms with Crippen LogP contribution < -0.4 is 5.32 Å². The van der Waals surface area contributed by atoms with E-state index in [1.54, 1.807) is 10.9 Å². The lowest BCUT2D eigenvalue weighted by atomic mass is 10.1. The molecule has 128 valence electrons. The summed E-state index contributed by atoms with van der Waals surface area (Å²) in [5.41, 5.74) is 4.73. The Labute approximate surface area is 164 Å². The Kier molecular flexibility index (Phi) is 4.42. The van der Waals surface area contributed by atoms with Crippen LogP contribution in [0.25, 0.3) is 16.7 Å². The van der Waals surface area contributed by atoms with Crippen molar-refractivity contribution in [2.24, 2.45) is 0 Å². The number of carbonyl (C=O) groups is 1. The van der Waals surface area contributed by atoms with Gasteiger partial charge in [-0.2, -0.15) is 4.80 Å². The van der Waals surface area contributed by atoms with Gasteiger partial charge in [-0.15, -0.1) is 10.2 Å². The molecule has 0 aliphatic rings. The van der Waals surface area contributed by atoms with E-state index in [-0.39, 0.29) is 5.91 Å². The van der Waals surface area contributed by atoms with Crippen LogP contribution in [0.4, 0.5) is 5.69 Å². The van der Waals surface area contributed by atoms with Gasteiger partial charge in [0.05, 0.1) is 5.69 Å². The molecule has 1 heterocycles. The maximum absolute atomic E-state index is 12.5. The first-order valence-corrected chi connectivity index (χ1v) is 9.18. The number of rotatable bonds is 3. The van der Waals surface area contributed by atoms with E-state index < -0.39 is 0 Å². The molecule has 26 heavy (non-hydrogen) atoms. The third-order valence-corrected chi connectivity index (χ3v) is 4.72. The molecule has 1 N–H and O–H groups in total. The van der Waals surface area contributed by atoms with Gasteiger partial charge in [-0.25, -0.2) is 0 Å². The summed E-state index contributed by atoms with van der Waals surface area (Å²) < 4.78 is 1.02. The molecule has 1 amide bonds. The minimum atomic E-state index is -0.138. The minimum Gasteiger partial charge on any atom is -0.322 e. The number of aromatic nitrogens is 3. The SMILES string of the molecule is Cc1cc2nn(-c3ccccc3)nc2cc1NC(=O)c1cccc(I)c1. The second-order valence-corrected chi connectivity index (χ2v) is 7.19. The summed E-state index contributed by atoms with van der Waals surface area (Å²) in [4.78, 5) is 14.1. The van der Waals surface area contributed by atoms with E-state index in [0.717, 1.165) is 31.5 Å². The van der Waals surface area contributed by atoms with Crippen molar-refractivity contribution >= 4 is 45.2 Å². The standard InChI is InChI=1S/C20H15IN4O/c1-13-10-18-19(24-25(23-18)16-8-3-2-4-9-16)12-17(13)22-20(26)14-6-5-7-15(21)11-14/h2-12H,1H3,(H,22,26). The third kappa shape index (κ3) is 3.32. The highest BCUT2D eigenvalue weighted by molar-refractivity contribution is 14.1. The van der Waals surface area contributed by atoms with Crippen molar-refractivity contribution in [3.63, 3.8) is 0 Å². The number of benzene rings is 3. The largest absolute Gasteiger partial charge is 0.322 e. The first kappa shape index (κ1) is 16.7. The van der Waals surface area contributed by atoms with E-state index in [1.165, 1.54) is 0 Å². The molecule has 0 aliphatic heterocycles. The van der Waals surface area contributed by atoms with Gasteiger partial charge in [0.2, 0.25) is 0 Å². The summed E-state index contributed by atoms with van der Waals surface area (Å²) in [6.45, 7) is 1.95. The van der Waals surface area contributed by atoms with Gasteiger partial charge in [-0.05, 0) is 77.5 Å². The average molecular weight is 454 g/mol. The molecule has 0 bridgehead atoms. The van der Waals surface area contributed by atoms with Crippen LogP contribution >= 0.6 is 22.6 Å². The first-order chi connectivity index (χ1) is 12.6. The molecule has 4 rings (SSSR count). The lowest BCUT2D eigenvalue weighted by Crippen LogP contribution is -2.12. The van der Waals surface area contributed by atoms with Crippen molar-refractivity contribution in [1.82, 2.24) is 15.0 Å². The molecule has 0 fully saturated rings. The molecule has 0 unspecified atom stereocenters. The number of para-hydroxylation sites is 1. The van der Waals surface area contributed by atoms with Gasteiger partial charge < -0.3 is 5.32 Å². The van der Waals surface area contributed by atoms with Crippen LogP contribution in [-0.4, -0.2) is 20.9 Å². The number of aryl methyl sites for hydroxylation is 1. The maximum Gasteiger partial charge on any atom is 0.255 e. The van der Waals surface area contributed by atoms with Crippen molar-refractivity contribution in [2.75, 3.05) is 5.32 Å². The second-order valence-electron chi connectivity index (χ2n) is 5.95. The summed E-state index contributed by atoms with van der Waals surface area (Å²) in [7, 11) is 0. The average Bonchev–Trinajstić information content (AvgIpc) is 3.05. The van der Waals surface area contributed by atoms with Crippen LogP contribution in [0.5, 0.6) is 0 Å². The molecule has 3 aromatic carbocycles. The lowest BCUT2D eigenvalue weighted by molar-refractivity contribution is 0.102. The number of anilines is 1. The molecule has 5 nitrogen and oxygen atoms in total. The summed E-state index contributed by atoms with van der Waals surface area (Å²) >= 11 is 2.20. The lowest BCUT2D eigenvalue weighted by Gasteiger charge is -2.08. The number of hydrogen-bond donors (Lipinski definition) is 1. The van der Waals surface area contributed by atoms with E-state index in [0.29, 0.717) is 5.56 Å². The number of nitrogens with zero attached hydrogens (tertiary/aromatic N) is 3. The van der Waals surface area contributed by atoms with Gasteiger partial charge in [0.15, 0.2) is 0 Å². The fraction of sp³-hybridized carbons (Fsp3) is 0.0500. The fourth-order valence-electron chi connectivity index (χ4n) is 2.70. The van der Waals surface area contributed by atoms with Crippen molar-refractivity contribution in [2.45, 2.75) is 6.92 Å². The van der Waals surface area contributed by atoms with Crippen LogP contribution in [0, 0.1) is 10.5 Å². The molecule has 0 radical (unpaired) electrons. The van der Waals surface area contributed by atoms with Crippen LogP contribution in [0.2, 0.25) is 0 Å². The number of hydrogen-bond acceptors (Lipinski definition) is 3. The zero-order valence-electron chi connectivity index (χ0n) is 14.0. The number of nitrogens with one attached hydrogen (secondary N) is 1. The van der Waals surface area contributed by atoms with Gasteiger partial charge in [-0.1, -0.05) is 24.3 Å². The molecule has 1 aromatic heterocycles. The number of halogens is 1. The highest BCUT2D eigenvalue weighted by Crippen LogP contribution is 2.23. The summed E-state index contributed by atoms with van der Waals surface area (Å²) in [5.74, 6) is -0.138. The normalized spacial score (nSPS) is 10.8. The third-order valence-electron chi connectivity index (χ3n) is 4.05. The number of amides is 1. The Morgan fingerprint density at radius 1 is 0.962 bits per heavy atom. The molecule has 0 saturated heterocycles. The van der Waals surface area contributed by atoms with Crippen molar-refractivity contribution < 1.29 is 4.79 Å². The highest BCUT2D eigenvalue weighted by atomic mass is 127. The van der Waals surface area contributed by atoms with E-state index in [4.69, 9.17) is 0 Å². The molecular formula is C20H15IN4O. The number of carbonyl (C=O) groups excluding carboxylic acids is 1. The van der Waals surface area contributed by atoms with Gasteiger partial charge in [0.25, 0.3) is 5.91 Å². The zero-order valence-corrected chi connectivity index (χ0v) is 16.1. The monoisotopic (exact) mass is 454 g/mol. The van der Waals surface area contributed by atoms with Gasteiger partial charge in [-0.3, -0.25) is 4.79 Å². The van der Waals surface area contributed by atoms with Gasteiger partial charge in [0.1, 0.15) is 11.0 Å². The van der Waals surface area contributed by atoms with E-state index in [1.807, 2.05) is 67.6 Å². The Balaban J connectivity index is 1.67. The predicted molar refractivity (Wildman–Crippen MR) is 111 cm³/mol.